The molecule has 2 N–H and O–H groups in total. The molecular weight excluding hydrogens is 376 g/mol. The van der Waals surface area contributed by atoms with E-state index in [1.54, 1.807) is 0 Å². The number of hydrogen-bond acceptors (Lipinski definition) is 5. The Morgan fingerprint density at radius 2 is 2.11 bits per heavy atom. The maximum atomic E-state index is 11.5. The molecule has 0 atom stereocenters. The number of rotatable bonds is 7. The van der Waals surface area contributed by atoms with E-state index in [2.05, 4.69) is 31.1 Å². The molecule has 8 nitrogen and oxygen atoms in total. The summed E-state index contributed by atoms with van der Waals surface area (Å²) in [6.45, 7) is 5.88. The molecule has 0 aliphatic carbocycles. The van der Waals surface area contributed by atoms with Gasteiger partial charge in [-0.25, -0.2) is 23.1 Å². The summed E-state index contributed by atoms with van der Waals surface area (Å²) in [6, 6.07) is 2.42. The normalized spacial score (nSPS) is 17.1. The molecule has 3 aromatic heterocycles. The van der Waals surface area contributed by atoms with Crippen molar-refractivity contribution in [3.63, 3.8) is 0 Å². The van der Waals surface area contributed by atoms with Crippen LogP contribution in [-0.2, 0) is 16.4 Å². The van der Waals surface area contributed by atoms with E-state index >= 15 is 0 Å². The zero-order valence-electron chi connectivity index (χ0n) is 16.5. The van der Waals surface area contributed by atoms with Crippen molar-refractivity contribution < 1.29 is 8.42 Å². The van der Waals surface area contributed by atoms with Crippen molar-refractivity contribution in [2.24, 2.45) is 0 Å². The van der Waals surface area contributed by atoms with Gasteiger partial charge in [-0.3, -0.25) is 0 Å². The molecule has 152 valence electrons. The molecule has 1 saturated heterocycles. The number of hydrogen-bond donors (Lipinski definition) is 2. The molecule has 0 aromatic carbocycles. The molecule has 1 fully saturated rings. The Morgan fingerprint density at radius 1 is 1.32 bits per heavy atom. The second-order valence-corrected chi connectivity index (χ2v) is 9.45. The molecule has 0 bridgehead atoms. The molecule has 1 aliphatic rings. The number of nitrogens with one attached hydrogen (secondary N) is 2. The molecule has 0 amide bonds. The van der Waals surface area contributed by atoms with Gasteiger partial charge in [0.2, 0.25) is 10.0 Å². The van der Waals surface area contributed by atoms with Crippen LogP contribution in [0.15, 0.2) is 18.5 Å². The number of H-pyrrole nitrogens is 1. The summed E-state index contributed by atoms with van der Waals surface area (Å²) < 4.78 is 27.9. The van der Waals surface area contributed by atoms with Crippen molar-refractivity contribution in [1.29, 1.82) is 0 Å². The molecule has 4 heterocycles. The predicted octanol–water partition coefficient (Wildman–Crippen LogP) is 2.05. The fourth-order valence-electron chi connectivity index (χ4n) is 4.28. The highest BCUT2D eigenvalue weighted by atomic mass is 32.2. The van der Waals surface area contributed by atoms with E-state index in [0.717, 1.165) is 60.4 Å². The average Bonchev–Trinajstić information content (AvgIpc) is 3.25. The topological polar surface area (TPSA) is 95.9 Å². The SMILES string of the molecule is CCCN1CCC(n2c(CCNS(C)(=O)=O)nc3cnc4[nH]ccc4c32)CC1. The lowest BCUT2D eigenvalue weighted by molar-refractivity contribution is 0.187. The van der Waals surface area contributed by atoms with Crippen LogP contribution in [-0.4, -0.2) is 65.3 Å². The van der Waals surface area contributed by atoms with Crippen LogP contribution < -0.4 is 4.72 Å². The summed E-state index contributed by atoms with van der Waals surface area (Å²) in [4.78, 5) is 15.0. The third-order valence-corrected chi connectivity index (χ3v) is 6.21. The van der Waals surface area contributed by atoms with E-state index in [9.17, 15) is 8.42 Å². The first-order valence-corrected chi connectivity index (χ1v) is 11.9. The Hall–Kier alpha value is -1.97. The number of pyridine rings is 1. The lowest BCUT2D eigenvalue weighted by atomic mass is 10.0. The fraction of sp³-hybridized carbons (Fsp3) is 0.579. The van der Waals surface area contributed by atoms with Crippen molar-refractivity contribution in [2.75, 3.05) is 32.4 Å². The molecule has 0 radical (unpaired) electrons. The number of likely N-dealkylation sites (tertiary alicyclic amines) is 1. The first-order valence-electron chi connectivity index (χ1n) is 9.96. The summed E-state index contributed by atoms with van der Waals surface area (Å²) in [5, 5.41) is 1.07. The Balaban J connectivity index is 1.70. The molecule has 1 aliphatic heterocycles. The summed E-state index contributed by atoms with van der Waals surface area (Å²) in [5.74, 6) is 0.926. The third kappa shape index (κ3) is 3.92. The molecule has 0 spiro atoms. The molecule has 0 unspecified atom stereocenters. The van der Waals surface area contributed by atoms with Gasteiger partial charge in [0.25, 0.3) is 0 Å². The van der Waals surface area contributed by atoms with Crippen molar-refractivity contribution in [1.82, 2.24) is 29.1 Å². The van der Waals surface area contributed by atoms with Gasteiger partial charge in [0, 0.05) is 43.7 Å². The number of nitrogens with zero attached hydrogens (tertiary/aromatic N) is 4. The molecule has 3 aromatic rings. The molecule has 28 heavy (non-hydrogen) atoms. The quantitative estimate of drug-likeness (QED) is 0.628. The Labute approximate surface area is 165 Å². The summed E-state index contributed by atoms with van der Waals surface area (Å²) in [7, 11) is -3.21. The van der Waals surface area contributed by atoms with Gasteiger partial charge in [-0.05, 0) is 31.9 Å². The van der Waals surface area contributed by atoms with Crippen molar-refractivity contribution in [3.8, 4) is 0 Å². The maximum Gasteiger partial charge on any atom is 0.208 e. The van der Waals surface area contributed by atoms with E-state index in [0.29, 0.717) is 19.0 Å². The van der Waals surface area contributed by atoms with Crippen molar-refractivity contribution >= 4 is 32.1 Å². The minimum absolute atomic E-state index is 0.348. The van der Waals surface area contributed by atoms with Gasteiger partial charge >= 0.3 is 0 Å². The van der Waals surface area contributed by atoms with Crippen LogP contribution in [0.2, 0.25) is 0 Å². The predicted molar refractivity (Wildman–Crippen MR) is 111 cm³/mol. The van der Waals surface area contributed by atoms with E-state index in [-0.39, 0.29) is 0 Å². The number of aromatic nitrogens is 4. The van der Waals surface area contributed by atoms with E-state index in [1.165, 1.54) is 12.7 Å². The van der Waals surface area contributed by atoms with Gasteiger partial charge in [0.15, 0.2) is 0 Å². The van der Waals surface area contributed by atoms with Crippen LogP contribution in [0, 0.1) is 0 Å². The minimum atomic E-state index is -3.21. The molecule has 9 heteroatoms. The van der Waals surface area contributed by atoms with Gasteiger partial charge in [0.1, 0.15) is 17.0 Å². The van der Waals surface area contributed by atoms with Gasteiger partial charge < -0.3 is 14.5 Å². The smallest absolute Gasteiger partial charge is 0.208 e. The number of sulfonamides is 1. The largest absolute Gasteiger partial charge is 0.346 e. The fourth-order valence-corrected chi connectivity index (χ4v) is 4.75. The maximum absolute atomic E-state index is 11.5. The number of aromatic amines is 1. The molecule has 4 rings (SSSR count). The van der Waals surface area contributed by atoms with Crippen molar-refractivity contribution in [2.45, 2.75) is 38.6 Å². The first kappa shape index (κ1) is 19.4. The Kier molecular flexibility index (Phi) is 5.39. The molecule has 0 saturated carbocycles. The third-order valence-electron chi connectivity index (χ3n) is 5.48. The summed E-state index contributed by atoms with van der Waals surface area (Å²) in [5.41, 5.74) is 2.84. The van der Waals surface area contributed by atoms with Gasteiger partial charge in [-0.1, -0.05) is 6.92 Å². The van der Waals surface area contributed by atoms with Gasteiger partial charge in [-0.15, -0.1) is 0 Å². The number of piperidine rings is 1. The number of fused-ring (bicyclic) bond motifs is 3. The second kappa shape index (κ2) is 7.81. The van der Waals surface area contributed by atoms with E-state index in [1.807, 2.05) is 18.5 Å². The van der Waals surface area contributed by atoms with Crippen LogP contribution in [0.1, 0.15) is 38.1 Å². The highest BCUT2D eigenvalue weighted by Crippen LogP contribution is 2.32. The Morgan fingerprint density at radius 3 is 2.82 bits per heavy atom. The highest BCUT2D eigenvalue weighted by molar-refractivity contribution is 7.88. The molecular formula is C19H28N6O2S. The minimum Gasteiger partial charge on any atom is -0.346 e. The summed E-state index contributed by atoms with van der Waals surface area (Å²) in [6.07, 6.45) is 8.79. The zero-order chi connectivity index (χ0) is 19.7. The van der Waals surface area contributed by atoms with Gasteiger partial charge in [0.05, 0.1) is 18.0 Å². The van der Waals surface area contributed by atoms with E-state index < -0.39 is 10.0 Å². The van der Waals surface area contributed by atoms with Crippen LogP contribution in [0.3, 0.4) is 0 Å². The van der Waals surface area contributed by atoms with Crippen LogP contribution in [0.5, 0.6) is 0 Å². The highest BCUT2D eigenvalue weighted by Gasteiger charge is 2.25. The zero-order valence-corrected chi connectivity index (χ0v) is 17.3. The van der Waals surface area contributed by atoms with Crippen LogP contribution >= 0.6 is 0 Å². The monoisotopic (exact) mass is 404 g/mol. The Bertz CT molecular complexity index is 1060. The van der Waals surface area contributed by atoms with Gasteiger partial charge in [-0.2, -0.15) is 0 Å². The van der Waals surface area contributed by atoms with E-state index in [4.69, 9.17) is 4.98 Å². The number of imidazole rings is 1. The van der Waals surface area contributed by atoms with Crippen LogP contribution in [0.25, 0.3) is 22.1 Å². The second-order valence-electron chi connectivity index (χ2n) is 7.62. The van der Waals surface area contributed by atoms with Crippen molar-refractivity contribution in [3.05, 3.63) is 24.3 Å². The lowest BCUT2D eigenvalue weighted by Crippen LogP contribution is -2.35. The average molecular weight is 405 g/mol. The first-order chi connectivity index (χ1) is 13.5. The van der Waals surface area contributed by atoms with Crippen LogP contribution in [0.4, 0.5) is 0 Å². The summed E-state index contributed by atoms with van der Waals surface area (Å²) >= 11 is 0. The lowest BCUT2D eigenvalue weighted by Gasteiger charge is -2.33. The standard InChI is InChI=1S/C19H28N6O2S/c1-3-10-24-11-6-14(7-12-24)25-17(5-9-22-28(2,26)27)23-16-13-21-19-15(18(16)25)4-8-20-19/h4,8,13-14,22H,3,5-7,9-12H2,1-2H3,(H,20,21).